The van der Waals surface area contributed by atoms with Crippen LogP contribution in [-0.2, 0) is 25.7 Å². The van der Waals surface area contributed by atoms with Crippen LogP contribution in [0.25, 0.3) is 0 Å². The maximum absolute atomic E-state index is 12.0. The topological polar surface area (TPSA) is 145 Å². The number of amides is 1. The van der Waals surface area contributed by atoms with Crippen molar-refractivity contribution < 1.29 is 33.9 Å². The zero-order valence-electron chi connectivity index (χ0n) is 16.2. The Hall–Kier alpha value is -3.43. The van der Waals surface area contributed by atoms with Crippen LogP contribution in [0.1, 0.15) is 26.3 Å². The van der Waals surface area contributed by atoms with E-state index in [0.29, 0.717) is 5.56 Å². The van der Waals surface area contributed by atoms with E-state index in [1.54, 1.807) is 20.8 Å². The van der Waals surface area contributed by atoms with Crippen molar-refractivity contribution >= 4 is 23.7 Å². The van der Waals surface area contributed by atoms with E-state index in [-0.39, 0.29) is 18.2 Å². The highest BCUT2D eigenvalue weighted by molar-refractivity contribution is 5.87. The van der Waals surface area contributed by atoms with Crippen molar-refractivity contribution in [2.75, 3.05) is 0 Å². The van der Waals surface area contributed by atoms with Crippen LogP contribution in [0.5, 0.6) is 0 Å². The third kappa shape index (κ3) is 5.53. The molecule has 10 heteroatoms. The molecule has 156 valence electrons. The number of nitro groups is 1. The highest BCUT2D eigenvalue weighted by Crippen LogP contribution is 2.36. The lowest BCUT2D eigenvalue weighted by Gasteiger charge is -2.47. The zero-order valence-corrected chi connectivity index (χ0v) is 16.2. The second-order valence-corrected chi connectivity index (χ2v) is 7.29. The van der Waals surface area contributed by atoms with E-state index in [2.05, 4.69) is 5.32 Å². The number of carboxylic acids is 1. The van der Waals surface area contributed by atoms with Gasteiger partial charge in [0.1, 0.15) is 12.7 Å². The molecule has 1 aliphatic rings. The van der Waals surface area contributed by atoms with Crippen molar-refractivity contribution in [1.82, 2.24) is 5.32 Å². The lowest BCUT2D eigenvalue weighted by atomic mass is 9.70. The number of aliphatic carboxylic acids is 1. The predicted octanol–water partition coefficient (Wildman–Crippen LogP) is 2.42. The van der Waals surface area contributed by atoms with Crippen molar-refractivity contribution in [1.29, 1.82) is 0 Å². The normalized spacial score (nSPS) is 19.8. The minimum Gasteiger partial charge on any atom is -0.478 e. The summed E-state index contributed by atoms with van der Waals surface area (Å²) in [7, 11) is 0. The Morgan fingerprint density at radius 3 is 2.48 bits per heavy atom. The van der Waals surface area contributed by atoms with Crippen LogP contribution in [0.2, 0.25) is 0 Å². The molecule has 29 heavy (non-hydrogen) atoms. The smallest absolute Gasteiger partial charge is 0.478 e. The molecule has 3 unspecified atom stereocenters. The third-order valence-corrected chi connectivity index (χ3v) is 4.71. The van der Waals surface area contributed by atoms with Crippen LogP contribution in [0.3, 0.4) is 0 Å². The lowest BCUT2D eigenvalue weighted by molar-refractivity contribution is -0.384. The summed E-state index contributed by atoms with van der Waals surface area (Å²) in [6.07, 6.45) is 0.709. The van der Waals surface area contributed by atoms with Crippen molar-refractivity contribution in [3.8, 4) is 0 Å². The number of ether oxygens (including phenoxy) is 2. The Morgan fingerprint density at radius 1 is 1.34 bits per heavy atom. The second-order valence-electron chi connectivity index (χ2n) is 7.29. The summed E-state index contributed by atoms with van der Waals surface area (Å²) in [4.78, 5) is 44.8. The maximum Gasteiger partial charge on any atom is 0.508 e. The minimum atomic E-state index is -1.10. The molecule has 0 aliphatic carbocycles. The van der Waals surface area contributed by atoms with Crippen molar-refractivity contribution in [2.24, 2.45) is 11.3 Å². The third-order valence-electron chi connectivity index (χ3n) is 4.71. The van der Waals surface area contributed by atoms with Crippen LogP contribution in [0, 0.1) is 21.4 Å². The van der Waals surface area contributed by atoms with Gasteiger partial charge in [0.25, 0.3) is 5.69 Å². The first-order chi connectivity index (χ1) is 13.5. The molecule has 1 aromatic carbocycles. The van der Waals surface area contributed by atoms with Gasteiger partial charge in [0.15, 0.2) is 0 Å². The Morgan fingerprint density at radius 2 is 1.97 bits per heavy atom. The largest absolute Gasteiger partial charge is 0.508 e. The Bertz CT molecular complexity index is 831. The summed E-state index contributed by atoms with van der Waals surface area (Å²) in [6.45, 7) is 4.95. The first-order valence-electron chi connectivity index (χ1n) is 8.80. The average molecular weight is 406 g/mol. The van der Waals surface area contributed by atoms with E-state index in [1.165, 1.54) is 30.3 Å². The number of non-ortho nitro benzene ring substituents is 1. The number of nitro benzene ring substituents is 1. The Balaban J connectivity index is 1.91. The zero-order chi connectivity index (χ0) is 21.8. The summed E-state index contributed by atoms with van der Waals surface area (Å²) < 4.78 is 10.2. The molecule has 1 aromatic rings. The van der Waals surface area contributed by atoms with Gasteiger partial charge >= 0.3 is 12.1 Å². The van der Waals surface area contributed by atoms with Crippen LogP contribution in [0.4, 0.5) is 10.5 Å². The molecule has 0 aromatic heterocycles. The van der Waals surface area contributed by atoms with Crippen molar-refractivity contribution in [3.05, 3.63) is 52.1 Å². The summed E-state index contributed by atoms with van der Waals surface area (Å²) >= 11 is 0. The van der Waals surface area contributed by atoms with E-state index in [9.17, 15) is 24.5 Å². The monoisotopic (exact) mass is 406 g/mol. The molecule has 1 amide bonds. The SMILES string of the molecule is CC(OC(=O)OCc1ccc([N+](=O)[O-])cc1)C1C(=O)NC1C(C)(C)C=CC(=O)O. The van der Waals surface area contributed by atoms with Crippen LogP contribution >= 0.6 is 0 Å². The van der Waals surface area contributed by atoms with E-state index >= 15 is 0 Å². The number of carboxylic acid groups (broad SMARTS) is 1. The fourth-order valence-electron chi connectivity index (χ4n) is 3.03. The van der Waals surface area contributed by atoms with Gasteiger partial charge in [-0.1, -0.05) is 19.9 Å². The molecule has 3 atom stereocenters. The standard InChI is InChI=1S/C19H22N2O8/c1-11(15-16(20-17(15)24)19(2,3)9-8-14(22)23)29-18(25)28-10-12-4-6-13(7-5-12)21(26)27/h4-9,11,15-16H,10H2,1-3H3,(H,20,24)(H,22,23). The number of β-lactam (4-membered cyclic amide) rings is 1. The molecule has 10 nitrogen and oxygen atoms in total. The lowest BCUT2D eigenvalue weighted by Crippen LogP contribution is -2.67. The summed E-state index contributed by atoms with van der Waals surface area (Å²) in [5, 5.41) is 22.1. The van der Waals surface area contributed by atoms with Gasteiger partial charge < -0.3 is 19.9 Å². The van der Waals surface area contributed by atoms with Gasteiger partial charge in [-0.25, -0.2) is 9.59 Å². The molecule has 0 radical (unpaired) electrons. The van der Waals surface area contributed by atoms with Crippen LogP contribution < -0.4 is 5.32 Å². The number of benzene rings is 1. The maximum atomic E-state index is 12.0. The van der Waals surface area contributed by atoms with Gasteiger partial charge in [-0.2, -0.15) is 0 Å². The van der Waals surface area contributed by atoms with E-state index in [4.69, 9.17) is 14.6 Å². The number of hydrogen-bond acceptors (Lipinski definition) is 7. The quantitative estimate of drug-likeness (QED) is 0.220. The number of nitrogens with one attached hydrogen (secondary N) is 1. The van der Waals surface area contributed by atoms with Gasteiger partial charge in [0, 0.05) is 23.6 Å². The van der Waals surface area contributed by atoms with Crippen molar-refractivity contribution in [2.45, 2.75) is 39.5 Å². The summed E-state index contributed by atoms with van der Waals surface area (Å²) in [6, 6.07) is 5.09. The fraction of sp³-hybridized carbons (Fsp3) is 0.421. The molecule has 1 aliphatic heterocycles. The van der Waals surface area contributed by atoms with E-state index in [0.717, 1.165) is 6.08 Å². The first kappa shape index (κ1) is 21.9. The Kier molecular flexibility index (Phi) is 6.57. The number of hydrogen-bond donors (Lipinski definition) is 2. The minimum absolute atomic E-state index is 0.0773. The number of nitrogens with zero attached hydrogens (tertiary/aromatic N) is 1. The van der Waals surface area contributed by atoms with Crippen LogP contribution in [0.15, 0.2) is 36.4 Å². The highest BCUT2D eigenvalue weighted by Gasteiger charge is 2.50. The highest BCUT2D eigenvalue weighted by atomic mass is 16.7. The molecule has 2 rings (SSSR count). The number of carbonyl (C=O) groups is 3. The molecule has 2 N–H and O–H groups in total. The van der Waals surface area contributed by atoms with Gasteiger partial charge in [-0.15, -0.1) is 0 Å². The average Bonchev–Trinajstić information content (AvgIpc) is 2.62. The molecule has 1 fully saturated rings. The molecule has 0 bridgehead atoms. The molecule has 1 saturated heterocycles. The van der Waals surface area contributed by atoms with Gasteiger partial charge in [-0.05, 0) is 24.6 Å². The van der Waals surface area contributed by atoms with Crippen molar-refractivity contribution in [3.63, 3.8) is 0 Å². The van der Waals surface area contributed by atoms with Crippen LogP contribution in [-0.4, -0.2) is 40.2 Å². The number of rotatable bonds is 8. The Labute approximate surface area is 166 Å². The molecule has 0 saturated carbocycles. The molecular weight excluding hydrogens is 384 g/mol. The van der Waals surface area contributed by atoms with Gasteiger partial charge in [0.2, 0.25) is 5.91 Å². The van der Waals surface area contributed by atoms with E-state index < -0.39 is 40.5 Å². The molecule has 1 heterocycles. The summed E-state index contributed by atoms with van der Waals surface area (Å²) in [5.41, 5.74) is -0.206. The van der Waals surface area contributed by atoms with Gasteiger partial charge in [0.05, 0.1) is 16.9 Å². The summed E-state index contributed by atoms with van der Waals surface area (Å²) in [5.74, 6) is -2.06. The number of carbonyl (C=O) groups excluding carboxylic acids is 2. The first-order valence-corrected chi connectivity index (χ1v) is 8.80. The second kappa shape index (κ2) is 8.72. The van der Waals surface area contributed by atoms with Gasteiger partial charge in [-0.3, -0.25) is 14.9 Å². The fourth-order valence-corrected chi connectivity index (χ4v) is 3.03. The molecular formula is C19H22N2O8. The van der Waals surface area contributed by atoms with E-state index in [1.807, 2.05) is 0 Å². The predicted molar refractivity (Wildman–Crippen MR) is 99.8 cm³/mol. The molecule has 0 spiro atoms.